The molecule has 0 radical (unpaired) electrons. The minimum atomic E-state index is -0.0118. The number of benzene rings is 13. The van der Waals surface area contributed by atoms with Crippen molar-refractivity contribution < 1.29 is 0 Å². The summed E-state index contributed by atoms with van der Waals surface area (Å²) in [4.78, 5) is 0. The van der Waals surface area contributed by atoms with E-state index in [0.717, 1.165) is 11.4 Å². The van der Waals surface area contributed by atoms with E-state index in [4.69, 9.17) is 0 Å². The second-order valence-corrected chi connectivity index (χ2v) is 28.2. The average Bonchev–Trinajstić information content (AvgIpc) is 2.55. The van der Waals surface area contributed by atoms with Gasteiger partial charge in [0.05, 0.1) is 22.1 Å². The van der Waals surface area contributed by atoms with E-state index >= 15 is 0 Å². The van der Waals surface area contributed by atoms with Crippen LogP contribution in [0.3, 0.4) is 0 Å². The minimum absolute atomic E-state index is 0.0118. The third-order valence-electron chi connectivity index (χ3n) is 18.7. The highest BCUT2D eigenvalue weighted by molar-refractivity contribution is 6.29. The Labute approximate surface area is 493 Å². The Bertz CT molecular complexity index is 4800. The van der Waals surface area contributed by atoms with Crippen LogP contribution in [0.4, 0.5) is 0 Å². The predicted molar refractivity (Wildman–Crippen MR) is 366 cm³/mol. The van der Waals surface area contributed by atoms with Crippen molar-refractivity contribution in [2.24, 2.45) is 0 Å². The summed E-state index contributed by atoms with van der Waals surface area (Å²) >= 11 is 0. The second kappa shape index (κ2) is 18.3. The fraction of sp³-hybridized carbons (Fsp3) is 0.195. The largest absolute Gasteiger partial charge is 0.309 e. The molecule has 0 spiro atoms. The van der Waals surface area contributed by atoms with E-state index < -0.39 is 0 Å². The predicted octanol–water partition coefficient (Wildman–Crippen LogP) is 23.3. The van der Waals surface area contributed by atoms with E-state index in [0.29, 0.717) is 0 Å². The van der Waals surface area contributed by atoms with Crippen molar-refractivity contribution in [2.45, 2.75) is 105 Å². The zero-order valence-electron chi connectivity index (χ0n) is 50.7. The van der Waals surface area contributed by atoms with Gasteiger partial charge >= 0.3 is 0 Å². The number of aromatic nitrogens is 2. The Morgan fingerprint density at radius 2 is 0.500 bits per heavy atom. The van der Waals surface area contributed by atoms with Crippen LogP contribution < -0.4 is 0 Å². The lowest BCUT2D eigenvalue weighted by atomic mass is 9.82. The third-order valence-corrected chi connectivity index (χ3v) is 18.7. The van der Waals surface area contributed by atoms with Crippen LogP contribution in [0.2, 0.25) is 0 Å². The lowest BCUT2D eigenvalue weighted by molar-refractivity contribution is 0.590. The van der Waals surface area contributed by atoms with Gasteiger partial charge in [0.2, 0.25) is 0 Å². The van der Waals surface area contributed by atoms with Gasteiger partial charge in [-0.05, 0) is 216 Å². The smallest absolute Gasteiger partial charge is 0.0541 e. The molecule has 0 amide bonds. The van der Waals surface area contributed by atoms with Crippen molar-refractivity contribution in [1.29, 1.82) is 0 Å². The molecular weight excluding hydrogens is 1010 g/mol. The second-order valence-electron chi connectivity index (χ2n) is 28.2. The number of hydrogen-bond acceptors (Lipinski definition) is 0. The number of hydrogen-bond donors (Lipinski definition) is 0. The minimum Gasteiger partial charge on any atom is -0.309 e. The first kappa shape index (κ1) is 51.9. The number of rotatable bonds is 4. The molecule has 2 heteroatoms. The quantitative estimate of drug-likeness (QED) is 0.123. The Balaban J connectivity index is 1.13. The zero-order chi connectivity index (χ0) is 57.9. The molecule has 0 atom stereocenters. The summed E-state index contributed by atoms with van der Waals surface area (Å²) < 4.78 is 5.09. The average molecular weight is 1090 g/mol. The maximum Gasteiger partial charge on any atom is 0.0541 e. The molecule has 84 heavy (non-hydrogen) atoms. The van der Waals surface area contributed by atoms with E-state index in [2.05, 4.69) is 311 Å². The molecule has 13 aromatic carbocycles. The van der Waals surface area contributed by atoms with Gasteiger partial charge in [0.25, 0.3) is 0 Å². The summed E-state index contributed by atoms with van der Waals surface area (Å²) in [5.41, 5.74) is 17.4. The zero-order valence-corrected chi connectivity index (χ0v) is 50.7. The fourth-order valence-electron chi connectivity index (χ4n) is 14.1. The van der Waals surface area contributed by atoms with E-state index in [1.54, 1.807) is 0 Å². The Morgan fingerprint density at radius 3 is 0.810 bits per heavy atom. The Hall–Kier alpha value is -8.98. The molecule has 0 aliphatic heterocycles. The van der Waals surface area contributed by atoms with Crippen LogP contribution in [0.15, 0.2) is 218 Å². The van der Waals surface area contributed by atoms with Crippen LogP contribution in [0.1, 0.15) is 105 Å². The van der Waals surface area contributed by atoms with Gasteiger partial charge in [0.15, 0.2) is 0 Å². The first-order chi connectivity index (χ1) is 40.2. The Kier molecular flexibility index (Phi) is 11.3. The molecule has 0 N–H and O–H groups in total. The topological polar surface area (TPSA) is 9.86 Å². The summed E-state index contributed by atoms with van der Waals surface area (Å²) in [5.74, 6) is 0. The molecule has 0 bridgehead atoms. The molecule has 2 aromatic heterocycles. The summed E-state index contributed by atoms with van der Waals surface area (Å²) in [5, 5.41) is 20.0. The first-order valence-corrected chi connectivity index (χ1v) is 30.2. The molecule has 2 nitrogen and oxygen atoms in total. The highest BCUT2D eigenvalue weighted by Gasteiger charge is 2.27. The maximum atomic E-state index is 2.54. The normalized spacial score (nSPS) is 13.0. The van der Waals surface area contributed by atoms with Gasteiger partial charge in [-0.25, -0.2) is 0 Å². The molecule has 0 saturated carbocycles. The molecule has 0 aliphatic rings. The van der Waals surface area contributed by atoms with Crippen LogP contribution in [0.5, 0.6) is 0 Å². The monoisotopic (exact) mass is 1080 g/mol. The van der Waals surface area contributed by atoms with E-state index in [-0.39, 0.29) is 21.7 Å². The SMILES string of the molecule is CC(C)(C)c1ccc2c(c1)c1cc(C(C)(C)C)ccc1n2-c1ccc2c(-c3cc4ccccc4c4ccccc34)c3cc(-n4c5ccc(C(C)(C)C)cc5c5cc(C(C)(C)C)ccc54)ccc3c(-c3cc4ccccc4c4ccccc34)c2c1. The van der Waals surface area contributed by atoms with Crippen LogP contribution in [-0.2, 0) is 21.7 Å². The maximum absolute atomic E-state index is 2.54. The molecular formula is C82H72N2. The van der Waals surface area contributed by atoms with Crippen LogP contribution in [0.25, 0.3) is 142 Å². The van der Waals surface area contributed by atoms with Gasteiger partial charge in [-0.1, -0.05) is 217 Å². The molecule has 2 heterocycles. The van der Waals surface area contributed by atoms with Crippen molar-refractivity contribution in [3.63, 3.8) is 0 Å². The summed E-state index contributed by atoms with van der Waals surface area (Å²) in [6, 6.07) is 84.7. The van der Waals surface area contributed by atoms with Gasteiger partial charge in [-0.3, -0.25) is 0 Å². The summed E-state index contributed by atoms with van der Waals surface area (Å²) in [7, 11) is 0. The van der Waals surface area contributed by atoms with Crippen LogP contribution in [0, 0.1) is 0 Å². The lowest BCUT2D eigenvalue weighted by Gasteiger charge is -2.23. The van der Waals surface area contributed by atoms with Gasteiger partial charge in [0, 0.05) is 32.9 Å². The standard InChI is InChI=1S/C82H72N2/c1-79(2,3)51-29-37-73-65(43-51)66-44-52(80(4,5)6)30-38-74(66)83(73)55-33-35-63-71(47-55)77(69-41-49-21-13-15-23-57(49)59-25-17-19-27-61(59)69)64-36-34-56(48-72(64)78(63)70-42-50-22-14-16-24-58(50)60-26-18-20-28-62(60)70)84-75-39-31-53(81(7,8)9)45-67(75)68-46-54(82(10,11)12)32-40-76(68)84/h13-48H,1-12H3. The van der Waals surface area contributed by atoms with Gasteiger partial charge in [0.1, 0.15) is 0 Å². The highest BCUT2D eigenvalue weighted by Crippen LogP contribution is 2.51. The Morgan fingerprint density at radius 1 is 0.214 bits per heavy atom. The summed E-state index contributed by atoms with van der Waals surface area (Å²) in [6.45, 7) is 27.9. The lowest BCUT2D eigenvalue weighted by Crippen LogP contribution is -2.10. The molecule has 0 saturated heterocycles. The highest BCUT2D eigenvalue weighted by atomic mass is 15.0. The van der Waals surface area contributed by atoms with Crippen LogP contribution in [-0.4, -0.2) is 9.13 Å². The molecule has 0 unspecified atom stereocenters. The molecule has 15 rings (SSSR count). The third kappa shape index (κ3) is 8.04. The van der Waals surface area contributed by atoms with Gasteiger partial charge < -0.3 is 9.13 Å². The van der Waals surface area contributed by atoms with E-state index in [1.165, 1.54) is 153 Å². The van der Waals surface area contributed by atoms with Crippen molar-refractivity contribution in [3.8, 4) is 33.6 Å². The van der Waals surface area contributed by atoms with Crippen molar-refractivity contribution in [1.82, 2.24) is 9.13 Å². The fourth-order valence-corrected chi connectivity index (χ4v) is 14.1. The van der Waals surface area contributed by atoms with Crippen molar-refractivity contribution in [3.05, 3.63) is 241 Å². The van der Waals surface area contributed by atoms with E-state index in [1.807, 2.05) is 0 Å². The van der Waals surface area contributed by atoms with E-state index in [9.17, 15) is 0 Å². The number of nitrogens with zero attached hydrogens (tertiary/aromatic N) is 2. The van der Waals surface area contributed by atoms with Crippen LogP contribution >= 0.6 is 0 Å². The van der Waals surface area contributed by atoms with Gasteiger partial charge in [-0.15, -0.1) is 0 Å². The van der Waals surface area contributed by atoms with Gasteiger partial charge in [-0.2, -0.15) is 0 Å². The molecule has 0 aliphatic carbocycles. The van der Waals surface area contributed by atoms with Crippen molar-refractivity contribution in [2.75, 3.05) is 0 Å². The molecule has 15 aromatic rings. The number of fused-ring (bicyclic) bond motifs is 14. The molecule has 410 valence electrons. The molecule has 0 fully saturated rings. The van der Waals surface area contributed by atoms with Crippen molar-refractivity contribution >= 4 is 108 Å². The summed E-state index contributed by atoms with van der Waals surface area (Å²) in [6.07, 6.45) is 0. The first-order valence-electron chi connectivity index (χ1n) is 30.2.